The topological polar surface area (TPSA) is 43.8 Å². The molecule has 86 valence electrons. The summed E-state index contributed by atoms with van der Waals surface area (Å²) in [6, 6.07) is 10.3. The van der Waals surface area contributed by atoms with E-state index in [0.29, 0.717) is 0 Å². The van der Waals surface area contributed by atoms with Crippen LogP contribution in [0.2, 0.25) is 0 Å². The SMILES string of the molecule is Cn1cnc2cc(C(N)c3cccs3)ccc21. The molecule has 17 heavy (non-hydrogen) atoms. The van der Waals surface area contributed by atoms with Gasteiger partial charge in [-0.2, -0.15) is 0 Å². The van der Waals surface area contributed by atoms with Crippen molar-refractivity contribution in [2.24, 2.45) is 12.8 Å². The van der Waals surface area contributed by atoms with Gasteiger partial charge in [0, 0.05) is 11.9 Å². The van der Waals surface area contributed by atoms with Crippen LogP contribution in [0.3, 0.4) is 0 Å². The third-order valence-electron chi connectivity index (χ3n) is 2.96. The van der Waals surface area contributed by atoms with Crippen molar-refractivity contribution in [2.45, 2.75) is 6.04 Å². The highest BCUT2D eigenvalue weighted by atomic mass is 32.1. The molecule has 1 aromatic carbocycles. The fraction of sp³-hybridized carbons (Fsp3) is 0.154. The molecule has 3 nitrogen and oxygen atoms in total. The number of thiophene rings is 1. The minimum absolute atomic E-state index is 0.0543. The number of hydrogen-bond donors (Lipinski definition) is 1. The number of imidazole rings is 1. The van der Waals surface area contributed by atoms with Gasteiger partial charge in [0.25, 0.3) is 0 Å². The molecule has 2 aromatic heterocycles. The quantitative estimate of drug-likeness (QED) is 0.752. The molecule has 0 spiro atoms. The summed E-state index contributed by atoms with van der Waals surface area (Å²) in [4.78, 5) is 5.53. The first kappa shape index (κ1) is 10.5. The van der Waals surface area contributed by atoms with E-state index < -0.39 is 0 Å². The Morgan fingerprint density at radius 3 is 3.00 bits per heavy atom. The second kappa shape index (κ2) is 3.98. The molecule has 0 saturated carbocycles. The normalized spacial score (nSPS) is 13.1. The first-order chi connectivity index (χ1) is 8.25. The van der Waals surface area contributed by atoms with Gasteiger partial charge in [0.15, 0.2) is 0 Å². The Morgan fingerprint density at radius 1 is 1.35 bits per heavy atom. The maximum atomic E-state index is 6.23. The summed E-state index contributed by atoms with van der Waals surface area (Å²) < 4.78 is 2.01. The van der Waals surface area contributed by atoms with Crippen LogP contribution in [-0.4, -0.2) is 9.55 Å². The summed E-state index contributed by atoms with van der Waals surface area (Å²) in [5.74, 6) is 0. The van der Waals surface area contributed by atoms with Crippen LogP contribution in [0, 0.1) is 0 Å². The number of hydrogen-bond acceptors (Lipinski definition) is 3. The Hall–Kier alpha value is -1.65. The third kappa shape index (κ3) is 1.75. The highest BCUT2D eigenvalue weighted by Gasteiger charge is 2.11. The van der Waals surface area contributed by atoms with E-state index in [2.05, 4.69) is 34.6 Å². The molecular formula is C13H13N3S. The number of aryl methyl sites for hydroxylation is 1. The van der Waals surface area contributed by atoms with Crippen LogP contribution in [0.15, 0.2) is 42.0 Å². The molecule has 0 aliphatic heterocycles. The van der Waals surface area contributed by atoms with Gasteiger partial charge in [0.05, 0.1) is 23.4 Å². The third-order valence-corrected chi connectivity index (χ3v) is 3.91. The molecule has 0 bridgehead atoms. The molecule has 0 saturated heterocycles. The average Bonchev–Trinajstić information content (AvgIpc) is 2.98. The van der Waals surface area contributed by atoms with Crippen LogP contribution < -0.4 is 5.73 Å². The highest BCUT2D eigenvalue weighted by Crippen LogP contribution is 2.25. The second-order valence-corrected chi connectivity index (χ2v) is 5.08. The summed E-state index contributed by atoms with van der Waals surface area (Å²) in [6.45, 7) is 0. The molecule has 3 rings (SSSR count). The van der Waals surface area contributed by atoms with Gasteiger partial charge in [0.2, 0.25) is 0 Å². The van der Waals surface area contributed by atoms with E-state index in [1.165, 1.54) is 4.88 Å². The maximum absolute atomic E-state index is 6.23. The molecule has 0 amide bonds. The lowest BCUT2D eigenvalue weighted by molar-refractivity contribution is 0.894. The van der Waals surface area contributed by atoms with Gasteiger partial charge < -0.3 is 10.3 Å². The van der Waals surface area contributed by atoms with Gasteiger partial charge in [-0.1, -0.05) is 12.1 Å². The lowest BCUT2D eigenvalue weighted by atomic mass is 10.1. The molecule has 0 radical (unpaired) electrons. The molecule has 4 heteroatoms. The standard InChI is InChI=1S/C13H13N3S/c1-16-8-15-10-7-9(4-5-11(10)16)13(14)12-3-2-6-17-12/h2-8,13H,14H2,1H3. The van der Waals surface area contributed by atoms with E-state index in [-0.39, 0.29) is 6.04 Å². The van der Waals surface area contributed by atoms with E-state index in [0.717, 1.165) is 16.6 Å². The number of rotatable bonds is 2. The number of benzene rings is 1. The smallest absolute Gasteiger partial charge is 0.0955 e. The summed E-state index contributed by atoms with van der Waals surface area (Å²) >= 11 is 1.69. The predicted molar refractivity (Wildman–Crippen MR) is 71.1 cm³/mol. The van der Waals surface area contributed by atoms with Gasteiger partial charge in [-0.05, 0) is 29.1 Å². The van der Waals surface area contributed by atoms with Crippen LogP contribution in [-0.2, 0) is 7.05 Å². The summed E-state index contributed by atoms with van der Waals surface area (Å²) in [5, 5.41) is 2.05. The van der Waals surface area contributed by atoms with E-state index in [9.17, 15) is 0 Å². The van der Waals surface area contributed by atoms with Gasteiger partial charge in [-0.3, -0.25) is 0 Å². The first-order valence-electron chi connectivity index (χ1n) is 5.45. The van der Waals surface area contributed by atoms with Crippen LogP contribution in [0.25, 0.3) is 11.0 Å². The van der Waals surface area contributed by atoms with Gasteiger partial charge in [-0.25, -0.2) is 4.98 Å². The monoisotopic (exact) mass is 243 g/mol. The number of nitrogens with zero attached hydrogens (tertiary/aromatic N) is 2. The van der Waals surface area contributed by atoms with Crippen LogP contribution >= 0.6 is 11.3 Å². The van der Waals surface area contributed by atoms with Crippen molar-refractivity contribution in [2.75, 3.05) is 0 Å². The molecule has 1 atom stereocenters. The Bertz CT molecular complexity index is 640. The summed E-state index contributed by atoms with van der Waals surface area (Å²) in [5.41, 5.74) is 9.47. The first-order valence-corrected chi connectivity index (χ1v) is 6.33. The molecule has 2 N–H and O–H groups in total. The molecular weight excluding hydrogens is 230 g/mol. The minimum Gasteiger partial charge on any atom is -0.334 e. The van der Waals surface area contributed by atoms with Crippen molar-refractivity contribution < 1.29 is 0 Å². The Labute approximate surface area is 104 Å². The van der Waals surface area contributed by atoms with E-state index in [4.69, 9.17) is 5.73 Å². The molecule has 0 fully saturated rings. The van der Waals surface area contributed by atoms with E-state index >= 15 is 0 Å². The molecule has 2 heterocycles. The van der Waals surface area contributed by atoms with Gasteiger partial charge in [0.1, 0.15) is 0 Å². The largest absolute Gasteiger partial charge is 0.334 e. The minimum atomic E-state index is -0.0543. The molecule has 1 unspecified atom stereocenters. The van der Waals surface area contributed by atoms with Crippen LogP contribution in [0.5, 0.6) is 0 Å². The molecule has 3 aromatic rings. The van der Waals surface area contributed by atoms with Crippen molar-refractivity contribution in [1.29, 1.82) is 0 Å². The van der Waals surface area contributed by atoms with Gasteiger partial charge in [-0.15, -0.1) is 11.3 Å². The molecule has 0 aliphatic carbocycles. The number of aromatic nitrogens is 2. The lowest BCUT2D eigenvalue weighted by Crippen LogP contribution is -2.09. The molecule has 0 aliphatic rings. The fourth-order valence-corrected chi connectivity index (χ4v) is 2.73. The highest BCUT2D eigenvalue weighted by molar-refractivity contribution is 7.10. The van der Waals surface area contributed by atoms with Crippen molar-refractivity contribution in [1.82, 2.24) is 9.55 Å². The fourth-order valence-electron chi connectivity index (χ4n) is 1.98. The van der Waals surface area contributed by atoms with Crippen LogP contribution in [0.1, 0.15) is 16.5 Å². The Morgan fingerprint density at radius 2 is 2.24 bits per heavy atom. The summed E-state index contributed by atoms with van der Waals surface area (Å²) in [7, 11) is 1.99. The predicted octanol–water partition coefficient (Wildman–Crippen LogP) is 2.68. The summed E-state index contributed by atoms with van der Waals surface area (Å²) in [6.07, 6.45) is 1.82. The zero-order valence-corrected chi connectivity index (χ0v) is 10.3. The zero-order chi connectivity index (χ0) is 11.8. The van der Waals surface area contributed by atoms with Crippen molar-refractivity contribution in [3.63, 3.8) is 0 Å². The number of nitrogens with two attached hydrogens (primary N) is 1. The van der Waals surface area contributed by atoms with Crippen molar-refractivity contribution in [3.05, 3.63) is 52.5 Å². The van der Waals surface area contributed by atoms with Crippen molar-refractivity contribution >= 4 is 22.4 Å². The maximum Gasteiger partial charge on any atom is 0.0955 e. The Kier molecular flexibility index (Phi) is 2.46. The Balaban J connectivity index is 2.06. The zero-order valence-electron chi connectivity index (χ0n) is 9.50. The number of fused-ring (bicyclic) bond motifs is 1. The average molecular weight is 243 g/mol. The second-order valence-electron chi connectivity index (χ2n) is 4.10. The van der Waals surface area contributed by atoms with Crippen LogP contribution in [0.4, 0.5) is 0 Å². The van der Waals surface area contributed by atoms with Crippen molar-refractivity contribution in [3.8, 4) is 0 Å². The van der Waals surface area contributed by atoms with E-state index in [1.54, 1.807) is 11.3 Å². The van der Waals surface area contributed by atoms with Gasteiger partial charge >= 0.3 is 0 Å². The van der Waals surface area contributed by atoms with E-state index in [1.807, 2.05) is 24.0 Å². The lowest BCUT2D eigenvalue weighted by Gasteiger charge is -2.09.